The first kappa shape index (κ1) is 61.7. The highest BCUT2D eigenvalue weighted by atomic mass is 35.5. The zero-order valence-corrected chi connectivity index (χ0v) is 42.9. The van der Waals surface area contributed by atoms with Gasteiger partial charge in [0.15, 0.2) is 5.69 Å². The van der Waals surface area contributed by atoms with Crippen molar-refractivity contribution < 1.29 is 58.0 Å². The van der Waals surface area contributed by atoms with Crippen molar-refractivity contribution in [3.8, 4) is 22.3 Å². The molecule has 0 radical (unpaired) electrons. The fourth-order valence-electron chi connectivity index (χ4n) is 7.53. The third-order valence-electron chi connectivity index (χ3n) is 11.6. The summed E-state index contributed by atoms with van der Waals surface area (Å²) < 4.78 is 34.3. The van der Waals surface area contributed by atoms with E-state index in [4.69, 9.17) is 34.0 Å². The van der Waals surface area contributed by atoms with Gasteiger partial charge < -0.3 is 41.1 Å². The number of hydrogen-bond donors (Lipinski definition) is 7. The SMILES string of the molecule is C.CC(C)Cc1cc(C(=O)O)on1.CC(C)Cn1cc(C(=O)N[C@H](Cc2ccc(-c3cc(Cl)ccc3F)cc2)C[C@@](C)(CO)C(=O)O)nn1.C[C@@](CO)(C[C@H](N)Cc1ccc(-c2cc(Cl)ccc2F)cc1)C(=O)O. The molecule has 16 nitrogen and oxygen atoms in total. The van der Waals surface area contributed by atoms with Gasteiger partial charge >= 0.3 is 17.9 Å². The van der Waals surface area contributed by atoms with E-state index in [1.54, 1.807) is 59.4 Å². The number of amides is 1. The highest BCUT2D eigenvalue weighted by Crippen LogP contribution is 2.30. The van der Waals surface area contributed by atoms with Gasteiger partial charge in [-0.2, -0.15) is 0 Å². The van der Waals surface area contributed by atoms with Crippen molar-refractivity contribution in [1.82, 2.24) is 25.5 Å². The molecule has 0 saturated carbocycles. The summed E-state index contributed by atoms with van der Waals surface area (Å²) in [4.78, 5) is 46.3. The predicted molar refractivity (Wildman–Crippen MR) is 279 cm³/mol. The van der Waals surface area contributed by atoms with Crippen LogP contribution in [0.3, 0.4) is 0 Å². The first-order chi connectivity index (χ1) is 34.3. The molecule has 2 heterocycles. The third-order valence-corrected chi connectivity index (χ3v) is 12.0. The normalized spacial score (nSPS) is 13.4. The molecule has 400 valence electrons. The van der Waals surface area contributed by atoms with E-state index < -0.39 is 65.8 Å². The Balaban J connectivity index is 0.000000328. The van der Waals surface area contributed by atoms with Crippen molar-refractivity contribution in [2.75, 3.05) is 13.2 Å². The summed E-state index contributed by atoms with van der Waals surface area (Å²) in [7, 11) is 0. The molecule has 6 rings (SSSR count). The monoisotopic (exact) mass is 1070 g/mol. The molecule has 8 N–H and O–H groups in total. The number of carbonyl (C=O) groups excluding carboxylic acids is 1. The van der Waals surface area contributed by atoms with E-state index >= 15 is 0 Å². The maximum absolute atomic E-state index is 14.2. The Kier molecular flexibility index (Phi) is 23.5. The summed E-state index contributed by atoms with van der Waals surface area (Å²) in [6.07, 6.45) is 3.17. The number of carbonyl (C=O) groups is 4. The number of carboxylic acids is 3. The molecule has 0 aliphatic heterocycles. The highest BCUT2D eigenvalue weighted by Gasteiger charge is 2.37. The number of aromatic carboxylic acids is 1. The number of halogens is 4. The van der Waals surface area contributed by atoms with Crippen molar-refractivity contribution in [2.24, 2.45) is 28.4 Å². The molecule has 20 heteroatoms. The standard InChI is InChI=1S/C26H30ClFN4O4.C19H21ClFNO3.C8H11NO3.CH4/c1-16(2)13-32-14-23(30-31-32)24(34)29-20(12-26(3,15-33)25(35)36)10-17-4-6-18(7-5-17)21-11-19(27)8-9-22(21)28;1-19(11-23,18(24)25)10-15(22)8-12-2-4-13(5-3-12)16-9-14(20)6-7-17(16)21;1-5(2)3-6-4-7(8(10)11)12-9-6;/h4-9,11,14,16,20,33H,10,12-13,15H2,1-3H3,(H,29,34)(H,35,36);2-7,9,15,23H,8,10-11,22H2,1H3,(H,24,25);4-5H,3H2,1-2H3,(H,10,11);1H4/t20-,26+;15-,19+;;/m11../s1. The number of rotatable bonds is 21. The second kappa shape index (κ2) is 28.2. The molecule has 4 aromatic carbocycles. The lowest BCUT2D eigenvalue weighted by Gasteiger charge is -2.28. The van der Waals surface area contributed by atoms with Crippen LogP contribution in [0, 0.1) is 34.3 Å². The largest absolute Gasteiger partial charge is 0.481 e. The Bertz CT molecular complexity index is 2790. The summed E-state index contributed by atoms with van der Waals surface area (Å²) in [6.45, 7) is 10.6. The van der Waals surface area contributed by atoms with E-state index in [0.717, 1.165) is 17.5 Å². The van der Waals surface area contributed by atoms with Crippen LogP contribution in [-0.2, 0) is 35.4 Å². The average molecular weight is 1070 g/mol. The maximum Gasteiger partial charge on any atom is 0.374 e. The van der Waals surface area contributed by atoms with Crippen molar-refractivity contribution in [1.29, 1.82) is 0 Å². The van der Waals surface area contributed by atoms with Crippen LogP contribution in [0.5, 0.6) is 0 Å². The van der Waals surface area contributed by atoms with E-state index in [2.05, 4.69) is 25.3 Å². The Morgan fingerprint density at radius 1 is 0.716 bits per heavy atom. The number of nitrogens with zero attached hydrogens (tertiary/aromatic N) is 4. The number of aliphatic hydroxyl groups excluding tert-OH is 2. The Hall–Kier alpha value is -6.57. The highest BCUT2D eigenvalue weighted by molar-refractivity contribution is 6.31. The van der Waals surface area contributed by atoms with Gasteiger partial charge in [-0.15, -0.1) is 5.10 Å². The average Bonchev–Trinajstić information content (AvgIpc) is 4.01. The van der Waals surface area contributed by atoms with E-state index in [-0.39, 0.29) is 44.0 Å². The van der Waals surface area contributed by atoms with Crippen LogP contribution in [0.2, 0.25) is 10.0 Å². The minimum absolute atomic E-state index is 0. The molecule has 0 unspecified atom stereocenters. The molecule has 74 heavy (non-hydrogen) atoms. The second-order valence-electron chi connectivity index (χ2n) is 19.2. The maximum atomic E-state index is 14.2. The van der Waals surface area contributed by atoms with Crippen molar-refractivity contribution in [3.05, 3.63) is 147 Å². The number of benzene rings is 4. The molecule has 0 aliphatic rings. The smallest absolute Gasteiger partial charge is 0.374 e. The van der Waals surface area contributed by atoms with Crippen LogP contribution in [0.4, 0.5) is 8.78 Å². The molecule has 0 fully saturated rings. The molecule has 6 aromatic rings. The summed E-state index contributed by atoms with van der Waals surface area (Å²) in [5, 5.41) is 61.6. The van der Waals surface area contributed by atoms with Gasteiger partial charge in [0.2, 0.25) is 5.76 Å². The molecular formula is C54H66Cl2F2N6O10. The van der Waals surface area contributed by atoms with Gasteiger partial charge in [-0.3, -0.25) is 19.1 Å². The molecule has 1 amide bonds. The van der Waals surface area contributed by atoms with Crippen molar-refractivity contribution in [3.63, 3.8) is 0 Å². The van der Waals surface area contributed by atoms with Crippen LogP contribution in [0.1, 0.15) is 99.7 Å². The summed E-state index contributed by atoms with van der Waals surface area (Å²) in [5.41, 5.74) is 7.95. The first-order valence-corrected chi connectivity index (χ1v) is 24.0. The molecule has 2 aromatic heterocycles. The Labute approximate surface area is 439 Å². The van der Waals surface area contributed by atoms with Gasteiger partial charge in [0.05, 0.1) is 35.9 Å². The van der Waals surface area contributed by atoms with E-state index in [9.17, 15) is 48.4 Å². The molecule has 0 aliphatic carbocycles. The van der Waals surface area contributed by atoms with Crippen molar-refractivity contribution >= 4 is 47.0 Å². The topological polar surface area (TPSA) is 264 Å². The van der Waals surface area contributed by atoms with Crippen LogP contribution in [0.15, 0.2) is 102 Å². The summed E-state index contributed by atoms with van der Waals surface area (Å²) >= 11 is 11.9. The van der Waals surface area contributed by atoms with Crippen LogP contribution in [0.25, 0.3) is 22.3 Å². The zero-order chi connectivity index (χ0) is 54.2. The van der Waals surface area contributed by atoms with Crippen LogP contribution >= 0.6 is 23.2 Å². The summed E-state index contributed by atoms with van der Waals surface area (Å²) in [6, 6.07) is 23.4. The first-order valence-electron chi connectivity index (χ1n) is 23.3. The number of nitrogens with two attached hydrogens (primary N) is 1. The van der Waals surface area contributed by atoms with E-state index in [1.165, 1.54) is 44.2 Å². The summed E-state index contributed by atoms with van der Waals surface area (Å²) in [5.74, 6) is -3.87. The number of aromatic nitrogens is 4. The minimum atomic E-state index is -1.46. The molecule has 0 bridgehead atoms. The lowest BCUT2D eigenvalue weighted by atomic mass is 9.82. The molecule has 0 saturated heterocycles. The molecular weight excluding hydrogens is 1000 g/mol. The van der Waals surface area contributed by atoms with Crippen LogP contribution in [-0.4, -0.2) is 94.8 Å². The lowest BCUT2D eigenvalue weighted by Crippen LogP contribution is -2.44. The molecule has 0 spiro atoms. The predicted octanol–water partition coefficient (Wildman–Crippen LogP) is 9.90. The van der Waals surface area contributed by atoms with Gasteiger partial charge in [0.25, 0.3) is 5.91 Å². The quantitative estimate of drug-likeness (QED) is 0.0354. The Morgan fingerprint density at radius 2 is 1.20 bits per heavy atom. The van der Waals surface area contributed by atoms with Gasteiger partial charge in [0.1, 0.15) is 11.6 Å². The second-order valence-corrected chi connectivity index (χ2v) is 20.1. The number of aliphatic hydroxyl groups is 2. The Morgan fingerprint density at radius 3 is 1.64 bits per heavy atom. The minimum Gasteiger partial charge on any atom is -0.481 e. The van der Waals surface area contributed by atoms with Crippen LogP contribution < -0.4 is 11.1 Å². The third kappa shape index (κ3) is 18.4. The lowest BCUT2D eigenvalue weighted by molar-refractivity contribution is -0.152. The zero-order valence-electron chi connectivity index (χ0n) is 41.4. The fourth-order valence-corrected chi connectivity index (χ4v) is 7.87. The number of hydrogen-bond acceptors (Lipinski definition) is 11. The fraction of sp³-hybridized carbons (Fsp3) is 0.389. The number of carboxylic acid groups (broad SMARTS) is 3. The molecule has 4 atom stereocenters. The van der Waals surface area contributed by atoms with E-state index in [1.807, 2.05) is 39.8 Å². The van der Waals surface area contributed by atoms with Gasteiger partial charge in [-0.05, 0) is 116 Å². The van der Waals surface area contributed by atoms with Gasteiger partial charge in [0, 0.05) is 45.9 Å². The van der Waals surface area contributed by atoms with Gasteiger partial charge in [-0.1, -0.05) is 117 Å². The number of aliphatic carboxylic acids is 2. The van der Waals surface area contributed by atoms with Gasteiger partial charge in [-0.25, -0.2) is 13.6 Å². The van der Waals surface area contributed by atoms with E-state index in [0.29, 0.717) is 62.8 Å². The van der Waals surface area contributed by atoms with Crippen molar-refractivity contribution in [2.45, 2.75) is 99.7 Å². The number of nitrogens with one attached hydrogen (secondary N) is 1.